The molecule has 4 rings (SSSR count). The Morgan fingerprint density at radius 2 is 2.03 bits per heavy atom. The summed E-state index contributed by atoms with van der Waals surface area (Å²) in [5.41, 5.74) is 6.40. The molecule has 1 saturated carbocycles. The highest BCUT2D eigenvalue weighted by atomic mass is 16.5. The summed E-state index contributed by atoms with van der Waals surface area (Å²) in [4.78, 5) is 32.7. The number of nitrogens with one attached hydrogen (secondary N) is 1. The van der Waals surface area contributed by atoms with E-state index in [0.717, 1.165) is 11.3 Å². The number of carbonyl (C=O) groups is 2. The quantitative estimate of drug-likeness (QED) is 0.588. The van der Waals surface area contributed by atoms with Crippen LogP contribution in [0.3, 0.4) is 0 Å². The first-order chi connectivity index (χ1) is 16.5. The number of para-hydroxylation sites is 1. The van der Waals surface area contributed by atoms with Crippen molar-refractivity contribution in [3.8, 4) is 5.75 Å². The van der Waals surface area contributed by atoms with Gasteiger partial charge in [-0.25, -0.2) is 4.99 Å². The zero-order valence-corrected chi connectivity index (χ0v) is 21.8. The van der Waals surface area contributed by atoms with Gasteiger partial charge in [0.05, 0.1) is 18.0 Å². The molecule has 1 fully saturated rings. The summed E-state index contributed by atoms with van der Waals surface area (Å²) in [7, 11) is 1.64. The van der Waals surface area contributed by atoms with Crippen LogP contribution in [0.15, 0.2) is 29.3 Å². The fourth-order valence-electron chi connectivity index (χ4n) is 5.49. The highest BCUT2D eigenvalue weighted by Crippen LogP contribution is 2.47. The Hall–Kier alpha value is -2.61. The van der Waals surface area contributed by atoms with Crippen molar-refractivity contribution in [1.29, 1.82) is 0 Å². The van der Waals surface area contributed by atoms with Gasteiger partial charge in [0.2, 0.25) is 11.8 Å². The highest BCUT2D eigenvalue weighted by molar-refractivity contribution is 5.99. The molecule has 0 radical (unpaired) electrons. The molecular weight excluding hydrogens is 444 g/mol. The van der Waals surface area contributed by atoms with Crippen LogP contribution in [0.2, 0.25) is 0 Å². The summed E-state index contributed by atoms with van der Waals surface area (Å²) in [5, 5.41) is 3.31. The van der Waals surface area contributed by atoms with Crippen molar-refractivity contribution in [2.24, 2.45) is 28.5 Å². The number of fused-ring (bicyclic) bond motifs is 1. The number of hydrogen-bond acceptors (Lipinski definition) is 6. The van der Waals surface area contributed by atoms with Crippen LogP contribution in [0, 0.1) is 17.8 Å². The maximum Gasteiger partial charge on any atom is 0.231 e. The molecule has 3 aliphatic rings. The van der Waals surface area contributed by atoms with E-state index >= 15 is 0 Å². The largest absolute Gasteiger partial charge is 0.487 e. The topological polar surface area (TPSA) is 106 Å². The van der Waals surface area contributed by atoms with Crippen LogP contribution in [-0.2, 0) is 14.3 Å². The maximum atomic E-state index is 13.5. The minimum Gasteiger partial charge on any atom is -0.487 e. The zero-order valence-electron chi connectivity index (χ0n) is 21.8. The number of nitrogens with two attached hydrogens (primary N) is 1. The third-order valence-corrected chi connectivity index (χ3v) is 7.92. The predicted molar refractivity (Wildman–Crippen MR) is 135 cm³/mol. The zero-order chi connectivity index (χ0) is 25.5. The average Bonchev–Trinajstić information content (AvgIpc) is 3.55. The first-order valence-electron chi connectivity index (χ1n) is 12.7. The Balaban J connectivity index is 1.51. The Morgan fingerprint density at radius 1 is 1.31 bits per heavy atom. The Morgan fingerprint density at radius 3 is 2.69 bits per heavy atom. The fraction of sp³-hybridized carbons (Fsp3) is 0.667. The van der Waals surface area contributed by atoms with E-state index in [0.29, 0.717) is 38.2 Å². The molecule has 2 aliphatic heterocycles. The lowest BCUT2D eigenvalue weighted by molar-refractivity contribution is -0.132. The first kappa shape index (κ1) is 25.5. The Labute approximate surface area is 208 Å². The van der Waals surface area contributed by atoms with Crippen molar-refractivity contribution in [3.05, 3.63) is 29.8 Å². The number of methoxy groups -OCH3 is 1. The molecule has 8 heteroatoms. The van der Waals surface area contributed by atoms with Gasteiger partial charge < -0.3 is 20.5 Å². The third-order valence-electron chi connectivity index (χ3n) is 7.92. The van der Waals surface area contributed by atoms with Crippen LogP contribution in [0.4, 0.5) is 0 Å². The van der Waals surface area contributed by atoms with E-state index in [4.69, 9.17) is 15.2 Å². The van der Waals surface area contributed by atoms with Crippen LogP contribution < -0.4 is 15.8 Å². The maximum absolute atomic E-state index is 13.5. The standard InChI is InChI=1S/C27H40N4O4/c1-16(2)27(5)14-20(17-9-7-8-10-22(17)35-27)29-24(33)19-13-18(19)21(11-12-34-6)31-23(32)15-26(3,4)30-25(31)28/h7-10,16,18-21H,11-15H2,1-6H3,(H2,28,30)(H,29,33). The number of ether oxygens (including phenoxy) is 2. The van der Waals surface area contributed by atoms with E-state index in [-0.39, 0.29) is 47.3 Å². The van der Waals surface area contributed by atoms with Crippen LogP contribution >= 0.6 is 0 Å². The molecule has 0 aromatic heterocycles. The molecule has 1 aliphatic carbocycles. The lowest BCUT2D eigenvalue weighted by Crippen LogP contribution is -2.55. The smallest absolute Gasteiger partial charge is 0.231 e. The fourth-order valence-corrected chi connectivity index (χ4v) is 5.49. The molecular formula is C27H40N4O4. The molecule has 0 spiro atoms. The van der Waals surface area contributed by atoms with Crippen molar-refractivity contribution in [1.82, 2.24) is 10.2 Å². The van der Waals surface area contributed by atoms with Crippen LogP contribution in [0.25, 0.3) is 0 Å². The van der Waals surface area contributed by atoms with Crippen molar-refractivity contribution in [2.45, 2.75) is 83.5 Å². The van der Waals surface area contributed by atoms with Gasteiger partial charge in [-0.15, -0.1) is 0 Å². The summed E-state index contributed by atoms with van der Waals surface area (Å²) in [6.45, 7) is 10.7. The van der Waals surface area contributed by atoms with Gasteiger partial charge in [0.25, 0.3) is 0 Å². The number of rotatable bonds is 8. The SMILES string of the molecule is COCCC(C1CC1C(=O)NC1CC(C)(C(C)C)Oc2ccccc21)N1C(=O)CC(C)(C)N=C1N. The lowest BCUT2D eigenvalue weighted by Gasteiger charge is -2.43. The molecule has 0 bridgehead atoms. The molecule has 8 nitrogen and oxygen atoms in total. The minimum atomic E-state index is -0.511. The lowest BCUT2D eigenvalue weighted by atomic mass is 9.81. The van der Waals surface area contributed by atoms with Crippen molar-refractivity contribution < 1.29 is 19.1 Å². The Bertz CT molecular complexity index is 1010. The summed E-state index contributed by atoms with van der Waals surface area (Å²) >= 11 is 0. The van der Waals surface area contributed by atoms with Crippen LogP contribution in [0.1, 0.15) is 71.9 Å². The summed E-state index contributed by atoms with van der Waals surface area (Å²) in [5.74, 6) is 1.19. The molecule has 192 valence electrons. The summed E-state index contributed by atoms with van der Waals surface area (Å²) in [6, 6.07) is 7.61. The van der Waals surface area contributed by atoms with Gasteiger partial charge in [0.1, 0.15) is 11.4 Å². The van der Waals surface area contributed by atoms with E-state index in [1.54, 1.807) is 12.0 Å². The van der Waals surface area contributed by atoms with E-state index in [9.17, 15) is 9.59 Å². The normalized spacial score (nSPS) is 30.3. The number of guanidine groups is 1. The van der Waals surface area contributed by atoms with Crippen LogP contribution in [-0.4, -0.2) is 53.6 Å². The third kappa shape index (κ3) is 5.17. The van der Waals surface area contributed by atoms with E-state index < -0.39 is 5.54 Å². The van der Waals surface area contributed by atoms with Crippen molar-refractivity contribution in [2.75, 3.05) is 13.7 Å². The molecule has 5 unspecified atom stereocenters. The highest BCUT2D eigenvalue weighted by Gasteiger charge is 2.52. The number of hydrogen-bond donors (Lipinski definition) is 2. The number of nitrogens with zero attached hydrogens (tertiary/aromatic N) is 2. The predicted octanol–water partition coefficient (Wildman–Crippen LogP) is 3.41. The van der Waals surface area contributed by atoms with Gasteiger partial charge in [-0.3, -0.25) is 14.5 Å². The number of aliphatic imine (C=N–C) groups is 1. The van der Waals surface area contributed by atoms with E-state index in [1.165, 1.54) is 0 Å². The summed E-state index contributed by atoms with van der Waals surface area (Å²) < 4.78 is 11.7. The molecule has 2 amide bonds. The molecule has 1 aromatic carbocycles. The van der Waals surface area contributed by atoms with E-state index in [1.807, 2.05) is 38.1 Å². The minimum absolute atomic E-state index is 0.0190. The van der Waals surface area contributed by atoms with Gasteiger partial charge in [0.15, 0.2) is 5.96 Å². The number of benzene rings is 1. The second-order valence-corrected chi connectivity index (χ2v) is 11.5. The molecule has 35 heavy (non-hydrogen) atoms. The average molecular weight is 485 g/mol. The molecule has 5 atom stereocenters. The van der Waals surface area contributed by atoms with Crippen molar-refractivity contribution >= 4 is 17.8 Å². The van der Waals surface area contributed by atoms with Gasteiger partial charge in [-0.2, -0.15) is 0 Å². The second kappa shape index (κ2) is 9.45. The van der Waals surface area contributed by atoms with Gasteiger partial charge >= 0.3 is 0 Å². The van der Waals surface area contributed by atoms with E-state index in [2.05, 4.69) is 31.1 Å². The summed E-state index contributed by atoms with van der Waals surface area (Å²) in [6.07, 6.45) is 2.33. The number of carbonyl (C=O) groups excluding carboxylic acids is 2. The van der Waals surface area contributed by atoms with Gasteiger partial charge in [-0.1, -0.05) is 32.0 Å². The van der Waals surface area contributed by atoms with Crippen LogP contribution in [0.5, 0.6) is 5.75 Å². The number of amides is 2. The first-order valence-corrected chi connectivity index (χ1v) is 12.7. The molecule has 1 aromatic rings. The van der Waals surface area contributed by atoms with Gasteiger partial charge in [0, 0.05) is 37.7 Å². The van der Waals surface area contributed by atoms with Crippen molar-refractivity contribution in [3.63, 3.8) is 0 Å². The molecule has 0 saturated heterocycles. The molecule has 3 N–H and O–H groups in total. The molecule has 2 heterocycles. The Kier molecular flexibility index (Phi) is 6.88. The van der Waals surface area contributed by atoms with Gasteiger partial charge in [-0.05, 0) is 51.5 Å². The monoisotopic (exact) mass is 484 g/mol. The second-order valence-electron chi connectivity index (χ2n) is 11.5.